The molecule has 3 aromatic rings. The number of allylic oxidation sites excluding steroid dienone is 2. The van der Waals surface area contributed by atoms with Gasteiger partial charge in [0.1, 0.15) is 23.6 Å². The number of aliphatic imine (C=N–C) groups is 2. The van der Waals surface area contributed by atoms with Crippen molar-refractivity contribution in [2.75, 3.05) is 53.7 Å². The second-order valence-electron chi connectivity index (χ2n) is 19.1. The Morgan fingerprint density at radius 2 is 1.21 bits per heavy atom. The maximum absolute atomic E-state index is 14.2. The fourth-order valence-electron chi connectivity index (χ4n) is 11.8. The van der Waals surface area contributed by atoms with E-state index in [-0.39, 0.29) is 41.7 Å². The Hall–Kier alpha value is -6.06. The van der Waals surface area contributed by atoms with Crippen molar-refractivity contribution in [3.63, 3.8) is 0 Å². The second-order valence-corrected chi connectivity index (χ2v) is 19.1. The SMILES string of the molecule is CCC1c2ccc(C3=CN=C([C@@H]4CCCN4C(=O)[C@@H](NC(=O)OC)C4CCOCC4)C3)cc2Oc2ccc3cc(C4=CN=C([C@@H]5CCCN5C(=O)[C@@H](NC(=O)OC)C5CCOCC5)C4)ccc3c21. The number of amides is 4. The quantitative estimate of drug-likeness (QED) is 0.193. The molecule has 0 bridgehead atoms. The molecule has 0 saturated carbocycles. The third-order valence-electron chi connectivity index (χ3n) is 15.4. The molecule has 4 saturated heterocycles. The lowest BCUT2D eigenvalue weighted by Gasteiger charge is -2.34. The van der Waals surface area contributed by atoms with Gasteiger partial charge >= 0.3 is 12.2 Å². The monoisotopic (exact) mass is 926 g/mol. The number of nitrogens with zero attached hydrogens (tertiary/aromatic N) is 4. The molecule has 68 heavy (non-hydrogen) atoms. The smallest absolute Gasteiger partial charge is 0.407 e. The summed E-state index contributed by atoms with van der Waals surface area (Å²) in [4.78, 5) is 66.8. The number of methoxy groups -OCH3 is 2. The Kier molecular flexibility index (Phi) is 13.4. The van der Waals surface area contributed by atoms with Crippen LogP contribution in [0.2, 0.25) is 0 Å². The molecule has 1 unspecified atom stereocenters. The minimum absolute atomic E-state index is 0.0159. The maximum Gasteiger partial charge on any atom is 0.407 e. The van der Waals surface area contributed by atoms with Crippen LogP contribution in [0.3, 0.4) is 0 Å². The van der Waals surface area contributed by atoms with E-state index in [0.29, 0.717) is 78.0 Å². The third kappa shape index (κ3) is 8.90. The molecular weight excluding hydrogens is 865 g/mol. The molecule has 10 rings (SSSR count). The van der Waals surface area contributed by atoms with Gasteiger partial charge in [0.15, 0.2) is 0 Å². The molecule has 15 nitrogen and oxygen atoms in total. The van der Waals surface area contributed by atoms with Crippen LogP contribution in [-0.2, 0) is 28.5 Å². The van der Waals surface area contributed by atoms with E-state index >= 15 is 0 Å². The number of hydrogen-bond acceptors (Lipinski definition) is 11. The van der Waals surface area contributed by atoms with Crippen LogP contribution in [0.25, 0.3) is 21.9 Å². The average Bonchev–Trinajstić information content (AvgIpc) is 4.24. The van der Waals surface area contributed by atoms with Crippen molar-refractivity contribution < 1.29 is 42.9 Å². The number of carbonyl (C=O) groups is 4. The van der Waals surface area contributed by atoms with Crippen LogP contribution >= 0.6 is 0 Å². The molecule has 2 N–H and O–H groups in total. The van der Waals surface area contributed by atoms with Crippen molar-refractivity contribution >= 4 is 57.3 Å². The van der Waals surface area contributed by atoms with Gasteiger partial charge in [0.05, 0.1) is 26.3 Å². The number of nitrogens with one attached hydrogen (secondary N) is 2. The summed E-state index contributed by atoms with van der Waals surface area (Å²) in [5.41, 5.74) is 8.62. The average molecular weight is 927 g/mol. The molecule has 7 aliphatic heterocycles. The largest absolute Gasteiger partial charge is 0.457 e. The van der Waals surface area contributed by atoms with Crippen LogP contribution in [0.15, 0.2) is 70.9 Å². The fourth-order valence-corrected chi connectivity index (χ4v) is 11.8. The Balaban J connectivity index is 0.809. The zero-order chi connectivity index (χ0) is 46.9. The molecule has 358 valence electrons. The molecule has 5 atom stereocenters. The number of likely N-dealkylation sites (tertiary alicyclic amines) is 2. The van der Waals surface area contributed by atoms with Crippen LogP contribution in [0.5, 0.6) is 11.5 Å². The summed E-state index contributed by atoms with van der Waals surface area (Å²) in [5, 5.41) is 7.99. The number of hydrogen-bond donors (Lipinski definition) is 2. The minimum Gasteiger partial charge on any atom is -0.457 e. The molecule has 4 fully saturated rings. The predicted molar refractivity (Wildman–Crippen MR) is 258 cm³/mol. The topological polar surface area (TPSA) is 170 Å². The van der Waals surface area contributed by atoms with Crippen LogP contribution in [-0.4, -0.2) is 123 Å². The van der Waals surface area contributed by atoms with E-state index in [9.17, 15) is 19.2 Å². The van der Waals surface area contributed by atoms with Crippen molar-refractivity contribution in [3.8, 4) is 11.5 Å². The number of alkyl carbamates (subject to hydrolysis) is 2. The van der Waals surface area contributed by atoms with Crippen LogP contribution in [0.1, 0.15) is 106 Å². The van der Waals surface area contributed by atoms with Crippen LogP contribution < -0.4 is 15.4 Å². The van der Waals surface area contributed by atoms with E-state index in [2.05, 4.69) is 66.1 Å². The summed E-state index contributed by atoms with van der Waals surface area (Å²) < 4.78 is 27.7. The van der Waals surface area contributed by atoms with E-state index in [1.165, 1.54) is 19.8 Å². The van der Waals surface area contributed by atoms with Gasteiger partial charge in [-0.05, 0) is 121 Å². The standard InChI is InChI=1S/C53H62N6O9/c1-4-38-40-13-10-34(37-27-42(55-30-37)44-8-6-20-59(44)51(61)49(57-53(63)65-3)32-17-23-67-24-18-32)28-46(40)68-45-14-11-35-25-33(9-12-39(35)47(38)45)36-26-41(54-29-36)43-7-5-19-58(43)50(60)48(56-52(62)64-2)31-15-21-66-22-16-31/h9-14,25,28-32,38,43-44,48-49H,4-8,15-24,26-27H2,1-3H3,(H,56,62)(H,57,63)/t38?,43-,44-,48-,49-/m0/s1. The van der Waals surface area contributed by atoms with Crippen molar-refractivity contribution in [2.45, 2.75) is 108 Å². The van der Waals surface area contributed by atoms with Gasteiger partial charge in [-0.1, -0.05) is 37.3 Å². The first kappa shape index (κ1) is 45.7. The highest BCUT2D eigenvalue weighted by atomic mass is 16.5. The van der Waals surface area contributed by atoms with Gasteiger partial charge in [-0.25, -0.2) is 9.59 Å². The lowest BCUT2D eigenvalue weighted by molar-refractivity contribution is -0.136. The molecule has 0 aliphatic carbocycles. The highest BCUT2D eigenvalue weighted by Gasteiger charge is 2.43. The number of ether oxygens (including phenoxy) is 5. The Morgan fingerprint density at radius 1 is 0.676 bits per heavy atom. The molecule has 15 heteroatoms. The highest BCUT2D eigenvalue weighted by Crippen LogP contribution is 2.50. The zero-order valence-electron chi connectivity index (χ0n) is 39.3. The molecule has 7 heterocycles. The van der Waals surface area contributed by atoms with Gasteiger partial charge in [0.2, 0.25) is 11.8 Å². The summed E-state index contributed by atoms with van der Waals surface area (Å²) in [7, 11) is 2.65. The van der Waals surface area contributed by atoms with Gasteiger partial charge < -0.3 is 44.1 Å². The predicted octanol–water partition coefficient (Wildman–Crippen LogP) is 8.14. The number of benzene rings is 3. The molecule has 0 spiro atoms. The van der Waals surface area contributed by atoms with Gasteiger partial charge in [0.25, 0.3) is 0 Å². The molecule has 0 radical (unpaired) electrons. The summed E-state index contributed by atoms with van der Waals surface area (Å²) >= 11 is 0. The van der Waals surface area contributed by atoms with E-state index in [1.54, 1.807) is 0 Å². The van der Waals surface area contributed by atoms with Gasteiger partial charge in [-0.2, -0.15) is 0 Å². The summed E-state index contributed by atoms with van der Waals surface area (Å²) in [6.07, 6.45) is 11.1. The highest BCUT2D eigenvalue weighted by molar-refractivity contribution is 6.05. The van der Waals surface area contributed by atoms with E-state index in [1.807, 2.05) is 22.2 Å². The Bertz CT molecular complexity index is 2590. The summed E-state index contributed by atoms with van der Waals surface area (Å²) in [6.45, 7) is 5.74. The first-order valence-corrected chi connectivity index (χ1v) is 24.6. The van der Waals surface area contributed by atoms with E-state index < -0.39 is 24.3 Å². The summed E-state index contributed by atoms with van der Waals surface area (Å²) in [5.74, 6) is 1.64. The van der Waals surface area contributed by atoms with Crippen molar-refractivity contribution in [1.29, 1.82) is 0 Å². The molecular formula is C53H62N6O9. The number of fused-ring (bicyclic) bond motifs is 4. The number of carbonyl (C=O) groups excluding carboxylic acids is 4. The van der Waals surface area contributed by atoms with Gasteiger partial charge in [-0.15, -0.1) is 0 Å². The molecule has 0 aromatic heterocycles. The summed E-state index contributed by atoms with van der Waals surface area (Å²) in [6, 6.07) is 15.8. The molecule has 3 aromatic carbocycles. The lowest BCUT2D eigenvalue weighted by Crippen LogP contribution is -2.55. The molecule has 4 amide bonds. The third-order valence-corrected chi connectivity index (χ3v) is 15.4. The maximum atomic E-state index is 14.2. The zero-order valence-corrected chi connectivity index (χ0v) is 39.3. The van der Waals surface area contributed by atoms with Gasteiger partial charge in [0, 0.05) is 93.2 Å². The fraction of sp³-hybridized carbons (Fsp3) is 0.509. The van der Waals surface area contributed by atoms with Crippen molar-refractivity contribution in [3.05, 3.63) is 83.2 Å². The van der Waals surface area contributed by atoms with E-state index in [4.69, 9.17) is 33.7 Å². The molecule has 7 aliphatic rings. The first-order chi connectivity index (χ1) is 33.2. The van der Waals surface area contributed by atoms with E-state index in [0.717, 1.165) is 93.6 Å². The van der Waals surface area contributed by atoms with Crippen molar-refractivity contribution in [2.24, 2.45) is 21.8 Å². The normalized spacial score (nSPS) is 23.7. The lowest BCUT2D eigenvalue weighted by atomic mass is 9.82. The van der Waals surface area contributed by atoms with Gasteiger partial charge in [-0.3, -0.25) is 19.6 Å². The minimum atomic E-state index is -0.671. The second kappa shape index (κ2) is 19.9. The number of rotatable bonds is 11. The van der Waals surface area contributed by atoms with Crippen LogP contribution in [0, 0.1) is 11.8 Å². The first-order valence-electron chi connectivity index (χ1n) is 24.6. The Morgan fingerprint density at radius 3 is 1.74 bits per heavy atom. The Labute approximate surface area is 397 Å². The van der Waals surface area contributed by atoms with Crippen molar-refractivity contribution in [1.82, 2.24) is 20.4 Å². The van der Waals surface area contributed by atoms with Crippen LogP contribution in [0.4, 0.5) is 9.59 Å².